The lowest BCUT2D eigenvalue weighted by Crippen LogP contribution is -2.38. The van der Waals surface area contributed by atoms with Gasteiger partial charge in [0.15, 0.2) is 0 Å². The summed E-state index contributed by atoms with van der Waals surface area (Å²) in [6.07, 6.45) is 9.94. The Hall–Kier alpha value is -0.830. The molecule has 0 heterocycles. The molecule has 1 amide bonds. The number of hydrogen-bond donors (Lipinski definition) is 2. The van der Waals surface area contributed by atoms with E-state index in [0.717, 1.165) is 32.1 Å². The van der Waals surface area contributed by atoms with Gasteiger partial charge in [0.2, 0.25) is 5.91 Å². The molecule has 0 aliphatic heterocycles. The molecule has 0 atom stereocenters. The first-order chi connectivity index (χ1) is 7.66. The average molecular weight is 225 g/mol. The highest BCUT2D eigenvalue weighted by Crippen LogP contribution is 2.30. The SMILES string of the molecule is CC=CCCNC(=O)CC1(O)CCCCC1. The highest BCUT2D eigenvalue weighted by atomic mass is 16.3. The summed E-state index contributed by atoms with van der Waals surface area (Å²) in [5, 5.41) is 13.0. The molecule has 0 bridgehead atoms. The smallest absolute Gasteiger partial charge is 0.222 e. The Kier molecular flexibility index (Phi) is 5.53. The molecule has 92 valence electrons. The van der Waals surface area contributed by atoms with Gasteiger partial charge in [-0.1, -0.05) is 31.4 Å². The molecule has 3 heteroatoms. The minimum atomic E-state index is -0.733. The van der Waals surface area contributed by atoms with E-state index in [2.05, 4.69) is 5.32 Å². The molecular formula is C13H23NO2. The molecule has 0 aromatic heterocycles. The molecule has 0 aromatic rings. The van der Waals surface area contributed by atoms with Gasteiger partial charge in [-0.25, -0.2) is 0 Å². The Morgan fingerprint density at radius 1 is 1.38 bits per heavy atom. The zero-order valence-corrected chi connectivity index (χ0v) is 10.2. The first-order valence-corrected chi connectivity index (χ1v) is 6.26. The third-order valence-electron chi connectivity index (χ3n) is 3.14. The molecule has 1 aliphatic carbocycles. The van der Waals surface area contributed by atoms with E-state index in [-0.39, 0.29) is 12.3 Å². The van der Waals surface area contributed by atoms with Crippen LogP contribution in [0.25, 0.3) is 0 Å². The van der Waals surface area contributed by atoms with Crippen LogP contribution < -0.4 is 5.32 Å². The Bertz CT molecular complexity index is 242. The fraction of sp³-hybridized carbons (Fsp3) is 0.769. The summed E-state index contributed by atoms with van der Waals surface area (Å²) >= 11 is 0. The summed E-state index contributed by atoms with van der Waals surface area (Å²) in [7, 11) is 0. The lowest BCUT2D eigenvalue weighted by atomic mass is 9.82. The van der Waals surface area contributed by atoms with E-state index in [1.165, 1.54) is 6.42 Å². The molecule has 1 aliphatic rings. The van der Waals surface area contributed by atoms with Crippen LogP contribution in [0.2, 0.25) is 0 Å². The second kappa shape index (κ2) is 6.69. The van der Waals surface area contributed by atoms with Gasteiger partial charge in [0.25, 0.3) is 0 Å². The van der Waals surface area contributed by atoms with Gasteiger partial charge in [-0.05, 0) is 26.2 Å². The summed E-state index contributed by atoms with van der Waals surface area (Å²) in [6.45, 7) is 2.63. The van der Waals surface area contributed by atoms with Gasteiger partial charge >= 0.3 is 0 Å². The van der Waals surface area contributed by atoms with Gasteiger partial charge in [-0.3, -0.25) is 4.79 Å². The maximum Gasteiger partial charge on any atom is 0.222 e. The molecule has 0 saturated heterocycles. The van der Waals surface area contributed by atoms with Gasteiger partial charge in [0.05, 0.1) is 12.0 Å². The van der Waals surface area contributed by atoms with Crippen LogP contribution in [0.15, 0.2) is 12.2 Å². The Labute approximate surface area is 97.9 Å². The van der Waals surface area contributed by atoms with Crippen molar-refractivity contribution >= 4 is 5.91 Å². The molecule has 2 N–H and O–H groups in total. The van der Waals surface area contributed by atoms with Crippen molar-refractivity contribution in [2.75, 3.05) is 6.54 Å². The van der Waals surface area contributed by atoms with E-state index in [1.807, 2.05) is 19.1 Å². The predicted molar refractivity (Wildman–Crippen MR) is 65.1 cm³/mol. The number of aliphatic hydroxyl groups is 1. The normalized spacial score (nSPS) is 19.9. The monoisotopic (exact) mass is 225 g/mol. The van der Waals surface area contributed by atoms with E-state index >= 15 is 0 Å². The second-order valence-corrected chi connectivity index (χ2v) is 4.67. The predicted octanol–water partition coefficient (Wildman–Crippen LogP) is 2.15. The van der Waals surface area contributed by atoms with E-state index in [0.29, 0.717) is 6.54 Å². The summed E-state index contributed by atoms with van der Waals surface area (Å²) in [5.74, 6) is -0.0195. The maximum atomic E-state index is 11.6. The number of allylic oxidation sites excluding steroid dienone is 1. The molecule has 1 saturated carbocycles. The summed E-state index contributed by atoms with van der Waals surface area (Å²) in [5.41, 5.74) is -0.733. The number of carbonyl (C=O) groups excluding carboxylic acids is 1. The standard InChI is InChI=1S/C13H23NO2/c1-2-3-7-10-14-12(15)11-13(16)8-5-4-6-9-13/h2-3,16H,4-11H2,1H3,(H,14,15). The first kappa shape index (κ1) is 13.2. The Morgan fingerprint density at radius 3 is 2.69 bits per heavy atom. The van der Waals surface area contributed by atoms with Crippen molar-refractivity contribution in [3.05, 3.63) is 12.2 Å². The summed E-state index contributed by atoms with van der Waals surface area (Å²) < 4.78 is 0. The molecule has 1 fully saturated rings. The van der Waals surface area contributed by atoms with Crippen LogP contribution in [0.4, 0.5) is 0 Å². The van der Waals surface area contributed by atoms with Crippen molar-refractivity contribution in [1.29, 1.82) is 0 Å². The lowest BCUT2D eigenvalue weighted by Gasteiger charge is -2.31. The van der Waals surface area contributed by atoms with E-state index in [4.69, 9.17) is 0 Å². The molecule has 0 radical (unpaired) electrons. The zero-order valence-electron chi connectivity index (χ0n) is 10.2. The van der Waals surface area contributed by atoms with Crippen molar-refractivity contribution < 1.29 is 9.90 Å². The van der Waals surface area contributed by atoms with E-state index in [9.17, 15) is 9.90 Å². The fourth-order valence-electron chi connectivity index (χ4n) is 2.21. The number of rotatable bonds is 5. The number of hydrogen-bond acceptors (Lipinski definition) is 2. The largest absolute Gasteiger partial charge is 0.389 e. The van der Waals surface area contributed by atoms with Crippen molar-refractivity contribution in [1.82, 2.24) is 5.32 Å². The summed E-state index contributed by atoms with van der Waals surface area (Å²) in [6, 6.07) is 0. The topological polar surface area (TPSA) is 49.3 Å². The van der Waals surface area contributed by atoms with Crippen LogP contribution in [0.1, 0.15) is 51.9 Å². The molecule has 1 rings (SSSR count). The van der Waals surface area contributed by atoms with E-state index < -0.39 is 5.60 Å². The lowest BCUT2D eigenvalue weighted by molar-refractivity contribution is -0.127. The summed E-state index contributed by atoms with van der Waals surface area (Å²) in [4.78, 5) is 11.6. The van der Waals surface area contributed by atoms with Crippen LogP contribution in [0.5, 0.6) is 0 Å². The highest BCUT2D eigenvalue weighted by Gasteiger charge is 2.31. The number of carbonyl (C=O) groups is 1. The minimum absolute atomic E-state index is 0.0195. The second-order valence-electron chi connectivity index (χ2n) is 4.67. The number of nitrogens with one attached hydrogen (secondary N) is 1. The van der Waals surface area contributed by atoms with Crippen LogP contribution in [0, 0.1) is 0 Å². The highest BCUT2D eigenvalue weighted by molar-refractivity contribution is 5.77. The molecule has 0 spiro atoms. The van der Waals surface area contributed by atoms with Crippen LogP contribution in [-0.4, -0.2) is 23.2 Å². The van der Waals surface area contributed by atoms with Gasteiger partial charge in [0, 0.05) is 6.54 Å². The van der Waals surface area contributed by atoms with Crippen LogP contribution in [-0.2, 0) is 4.79 Å². The van der Waals surface area contributed by atoms with Crippen molar-refractivity contribution in [3.63, 3.8) is 0 Å². The fourth-order valence-corrected chi connectivity index (χ4v) is 2.21. The molecule has 3 nitrogen and oxygen atoms in total. The molecule has 0 unspecified atom stereocenters. The van der Waals surface area contributed by atoms with Crippen molar-refractivity contribution in [2.45, 2.75) is 57.5 Å². The zero-order chi connectivity index (χ0) is 11.9. The Balaban J connectivity index is 2.21. The van der Waals surface area contributed by atoms with Crippen molar-refractivity contribution in [3.8, 4) is 0 Å². The van der Waals surface area contributed by atoms with Gasteiger partial charge in [-0.15, -0.1) is 0 Å². The van der Waals surface area contributed by atoms with E-state index in [1.54, 1.807) is 0 Å². The van der Waals surface area contributed by atoms with Crippen molar-refractivity contribution in [2.24, 2.45) is 0 Å². The average Bonchev–Trinajstić information content (AvgIpc) is 2.25. The molecule has 0 aromatic carbocycles. The molecular weight excluding hydrogens is 202 g/mol. The van der Waals surface area contributed by atoms with Gasteiger partial charge in [0.1, 0.15) is 0 Å². The third kappa shape index (κ3) is 4.79. The quantitative estimate of drug-likeness (QED) is 0.556. The Morgan fingerprint density at radius 2 is 2.06 bits per heavy atom. The third-order valence-corrected chi connectivity index (χ3v) is 3.14. The minimum Gasteiger partial charge on any atom is -0.389 e. The van der Waals surface area contributed by atoms with Gasteiger partial charge < -0.3 is 10.4 Å². The van der Waals surface area contributed by atoms with Gasteiger partial charge in [-0.2, -0.15) is 0 Å². The maximum absolute atomic E-state index is 11.6. The number of amides is 1. The van der Waals surface area contributed by atoms with Crippen LogP contribution in [0.3, 0.4) is 0 Å². The molecule has 16 heavy (non-hydrogen) atoms. The van der Waals surface area contributed by atoms with Crippen LogP contribution >= 0.6 is 0 Å². The first-order valence-electron chi connectivity index (χ1n) is 6.26.